The normalized spacial score (nSPS) is 10.8. The maximum absolute atomic E-state index is 4.31. The molecule has 1 aromatic rings. The number of nitrogens with zero attached hydrogens (tertiary/aromatic N) is 2. The molecule has 0 spiro atoms. The van der Waals surface area contributed by atoms with E-state index in [4.69, 9.17) is 0 Å². The monoisotopic (exact) mass is 273 g/mol. The summed E-state index contributed by atoms with van der Waals surface area (Å²) >= 11 is 3.44. The van der Waals surface area contributed by atoms with Crippen molar-refractivity contribution in [1.29, 1.82) is 0 Å². The zero-order chi connectivity index (χ0) is 10.9. The van der Waals surface area contributed by atoms with Crippen LogP contribution in [-0.4, -0.2) is 21.7 Å². The van der Waals surface area contributed by atoms with E-state index in [9.17, 15) is 0 Å². The molecule has 0 saturated carbocycles. The highest BCUT2D eigenvalue weighted by atomic mass is 79.9. The SMILES string of the molecule is Cn1ccc(CNCCCCCCBr)n1. The zero-order valence-electron chi connectivity index (χ0n) is 9.38. The molecular weight excluding hydrogens is 254 g/mol. The van der Waals surface area contributed by atoms with Crippen LogP contribution >= 0.6 is 15.9 Å². The Labute approximate surface area is 100 Å². The third-order valence-electron chi connectivity index (χ3n) is 2.31. The molecular formula is C11H20BrN3. The second-order valence-corrected chi connectivity index (χ2v) is 4.55. The predicted octanol–water partition coefficient (Wildman–Crippen LogP) is 2.47. The highest BCUT2D eigenvalue weighted by Gasteiger charge is 1.95. The van der Waals surface area contributed by atoms with E-state index in [1.54, 1.807) is 0 Å². The van der Waals surface area contributed by atoms with E-state index in [0.717, 1.165) is 24.1 Å². The van der Waals surface area contributed by atoms with Gasteiger partial charge in [0.05, 0.1) is 5.69 Å². The van der Waals surface area contributed by atoms with E-state index in [1.807, 2.05) is 17.9 Å². The minimum absolute atomic E-state index is 0.888. The van der Waals surface area contributed by atoms with Crippen LogP contribution in [0.2, 0.25) is 0 Å². The quantitative estimate of drug-likeness (QED) is 0.583. The molecule has 0 radical (unpaired) electrons. The van der Waals surface area contributed by atoms with Gasteiger partial charge in [-0.15, -0.1) is 0 Å². The Balaban J connectivity index is 1.93. The minimum atomic E-state index is 0.888. The molecule has 3 nitrogen and oxygen atoms in total. The summed E-state index contributed by atoms with van der Waals surface area (Å²) in [4.78, 5) is 0. The Morgan fingerprint density at radius 1 is 1.33 bits per heavy atom. The predicted molar refractivity (Wildman–Crippen MR) is 67.2 cm³/mol. The lowest BCUT2D eigenvalue weighted by atomic mass is 10.2. The molecule has 0 aliphatic rings. The summed E-state index contributed by atoms with van der Waals surface area (Å²) in [6, 6.07) is 2.05. The van der Waals surface area contributed by atoms with Crippen LogP contribution in [0.5, 0.6) is 0 Å². The van der Waals surface area contributed by atoms with Crippen LogP contribution in [0.25, 0.3) is 0 Å². The Morgan fingerprint density at radius 2 is 2.13 bits per heavy atom. The van der Waals surface area contributed by atoms with Crippen LogP contribution in [0.1, 0.15) is 31.4 Å². The van der Waals surface area contributed by atoms with Gasteiger partial charge >= 0.3 is 0 Å². The summed E-state index contributed by atoms with van der Waals surface area (Å²) in [5.41, 5.74) is 1.12. The second-order valence-electron chi connectivity index (χ2n) is 3.76. The second kappa shape index (κ2) is 7.88. The van der Waals surface area contributed by atoms with Crippen LogP contribution < -0.4 is 5.32 Å². The molecule has 0 aliphatic heterocycles. The number of alkyl halides is 1. The van der Waals surface area contributed by atoms with Gasteiger partial charge < -0.3 is 5.32 Å². The average Bonchev–Trinajstić information content (AvgIpc) is 2.63. The first-order valence-electron chi connectivity index (χ1n) is 5.58. The summed E-state index contributed by atoms with van der Waals surface area (Å²) in [6.45, 7) is 1.98. The number of aryl methyl sites for hydroxylation is 1. The highest BCUT2D eigenvalue weighted by molar-refractivity contribution is 9.09. The number of halogens is 1. The molecule has 0 amide bonds. The molecule has 1 aromatic heterocycles. The van der Waals surface area contributed by atoms with Crippen LogP contribution in [-0.2, 0) is 13.6 Å². The lowest BCUT2D eigenvalue weighted by Crippen LogP contribution is -2.15. The molecule has 0 saturated heterocycles. The van der Waals surface area contributed by atoms with Crippen LogP contribution in [0.4, 0.5) is 0 Å². The number of rotatable bonds is 8. The number of nitrogens with one attached hydrogen (secondary N) is 1. The Hall–Kier alpha value is -0.350. The van der Waals surface area contributed by atoms with Gasteiger partial charge in [-0.05, 0) is 25.5 Å². The maximum Gasteiger partial charge on any atom is 0.0762 e. The first kappa shape index (κ1) is 12.7. The van der Waals surface area contributed by atoms with Crippen molar-refractivity contribution in [3.05, 3.63) is 18.0 Å². The summed E-state index contributed by atoms with van der Waals surface area (Å²) in [5.74, 6) is 0. The summed E-state index contributed by atoms with van der Waals surface area (Å²) in [6.07, 6.45) is 7.18. The van der Waals surface area contributed by atoms with Crippen molar-refractivity contribution < 1.29 is 0 Å². The molecule has 86 valence electrons. The van der Waals surface area contributed by atoms with E-state index in [2.05, 4.69) is 32.4 Å². The van der Waals surface area contributed by atoms with Gasteiger partial charge in [0.2, 0.25) is 0 Å². The molecule has 0 bridgehead atoms. The number of aromatic nitrogens is 2. The fourth-order valence-corrected chi connectivity index (χ4v) is 1.87. The first-order valence-corrected chi connectivity index (χ1v) is 6.70. The van der Waals surface area contributed by atoms with Gasteiger partial charge in [-0.25, -0.2) is 0 Å². The number of hydrogen-bond acceptors (Lipinski definition) is 2. The molecule has 15 heavy (non-hydrogen) atoms. The van der Waals surface area contributed by atoms with E-state index < -0.39 is 0 Å². The van der Waals surface area contributed by atoms with Gasteiger partial charge in [0.25, 0.3) is 0 Å². The van der Waals surface area contributed by atoms with Gasteiger partial charge in [0.15, 0.2) is 0 Å². The minimum Gasteiger partial charge on any atom is -0.311 e. The molecule has 4 heteroatoms. The molecule has 0 fully saturated rings. The zero-order valence-corrected chi connectivity index (χ0v) is 11.0. The smallest absolute Gasteiger partial charge is 0.0762 e. The lowest BCUT2D eigenvalue weighted by molar-refractivity contribution is 0.590. The van der Waals surface area contributed by atoms with Crippen LogP contribution in [0.3, 0.4) is 0 Å². The molecule has 0 unspecified atom stereocenters. The van der Waals surface area contributed by atoms with E-state index in [1.165, 1.54) is 25.7 Å². The molecule has 0 atom stereocenters. The van der Waals surface area contributed by atoms with Gasteiger partial charge in [-0.2, -0.15) is 5.10 Å². The molecule has 1 rings (SSSR count). The molecule has 0 aliphatic carbocycles. The molecule has 0 aromatic carbocycles. The lowest BCUT2D eigenvalue weighted by Gasteiger charge is -2.02. The van der Waals surface area contributed by atoms with Crippen molar-refractivity contribution in [3.63, 3.8) is 0 Å². The largest absolute Gasteiger partial charge is 0.311 e. The van der Waals surface area contributed by atoms with Gasteiger partial charge in [0, 0.05) is 25.1 Å². The van der Waals surface area contributed by atoms with Crippen molar-refractivity contribution in [2.24, 2.45) is 7.05 Å². The summed E-state index contributed by atoms with van der Waals surface area (Å²) in [5, 5.41) is 8.84. The van der Waals surface area contributed by atoms with Crippen molar-refractivity contribution >= 4 is 15.9 Å². The summed E-state index contributed by atoms with van der Waals surface area (Å²) < 4.78 is 1.84. The molecule has 1 N–H and O–H groups in total. The third kappa shape index (κ3) is 5.95. The Bertz CT molecular complexity index is 260. The maximum atomic E-state index is 4.31. The van der Waals surface area contributed by atoms with E-state index in [-0.39, 0.29) is 0 Å². The van der Waals surface area contributed by atoms with E-state index >= 15 is 0 Å². The van der Waals surface area contributed by atoms with Crippen molar-refractivity contribution in [3.8, 4) is 0 Å². The van der Waals surface area contributed by atoms with Crippen LogP contribution in [0.15, 0.2) is 12.3 Å². The Kier molecular flexibility index (Phi) is 6.68. The highest BCUT2D eigenvalue weighted by Crippen LogP contribution is 2.01. The van der Waals surface area contributed by atoms with Crippen LogP contribution in [0, 0.1) is 0 Å². The first-order chi connectivity index (χ1) is 7.33. The molecule has 1 heterocycles. The number of hydrogen-bond donors (Lipinski definition) is 1. The third-order valence-corrected chi connectivity index (χ3v) is 2.87. The Morgan fingerprint density at radius 3 is 2.80 bits per heavy atom. The standard InChI is InChI=1S/C11H20BrN3/c1-15-9-6-11(14-15)10-13-8-5-3-2-4-7-12/h6,9,13H,2-5,7-8,10H2,1H3. The summed E-state index contributed by atoms with van der Waals surface area (Å²) in [7, 11) is 1.95. The topological polar surface area (TPSA) is 29.9 Å². The van der Waals surface area contributed by atoms with Crippen molar-refractivity contribution in [1.82, 2.24) is 15.1 Å². The number of unbranched alkanes of at least 4 members (excludes halogenated alkanes) is 3. The van der Waals surface area contributed by atoms with E-state index in [0.29, 0.717) is 0 Å². The van der Waals surface area contributed by atoms with Crippen molar-refractivity contribution in [2.45, 2.75) is 32.2 Å². The van der Waals surface area contributed by atoms with Gasteiger partial charge in [-0.1, -0.05) is 28.8 Å². The average molecular weight is 274 g/mol. The van der Waals surface area contributed by atoms with Gasteiger partial charge in [0.1, 0.15) is 0 Å². The fourth-order valence-electron chi connectivity index (χ4n) is 1.47. The fraction of sp³-hybridized carbons (Fsp3) is 0.727. The van der Waals surface area contributed by atoms with Crippen molar-refractivity contribution in [2.75, 3.05) is 11.9 Å². The van der Waals surface area contributed by atoms with Gasteiger partial charge in [-0.3, -0.25) is 4.68 Å².